The summed E-state index contributed by atoms with van der Waals surface area (Å²) in [6, 6.07) is 5.67. The van der Waals surface area contributed by atoms with Crippen molar-refractivity contribution in [2.24, 2.45) is 0 Å². The highest BCUT2D eigenvalue weighted by atomic mass is 16.5. The molecule has 68 valence electrons. The second-order valence-electron chi connectivity index (χ2n) is 2.57. The second-order valence-corrected chi connectivity index (χ2v) is 2.57. The molecule has 1 aromatic carbocycles. The lowest BCUT2D eigenvalue weighted by molar-refractivity contribution is 0.354. The summed E-state index contributed by atoms with van der Waals surface area (Å²) in [6.07, 6.45) is 5.81. The van der Waals surface area contributed by atoms with Gasteiger partial charge in [0.15, 0.2) is 11.5 Å². The molecule has 0 saturated heterocycles. The van der Waals surface area contributed by atoms with Crippen LogP contribution in [0.25, 0.3) is 0 Å². The molecule has 0 spiro atoms. The Morgan fingerprint density at radius 3 is 2.46 bits per heavy atom. The molecule has 0 aromatic heterocycles. The summed E-state index contributed by atoms with van der Waals surface area (Å²) < 4.78 is 10.2. The smallest absolute Gasteiger partial charge is 0.161 e. The minimum atomic E-state index is 0.611. The van der Waals surface area contributed by atoms with Crippen LogP contribution < -0.4 is 9.47 Å². The Labute approximate surface area is 78.5 Å². The quantitative estimate of drug-likeness (QED) is 0.655. The first-order valence-electron chi connectivity index (χ1n) is 3.96. The van der Waals surface area contributed by atoms with Gasteiger partial charge in [-0.1, -0.05) is 6.07 Å². The van der Waals surface area contributed by atoms with Crippen molar-refractivity contribution < 1.29 is 9.47 Å². The van der Waals surface area contributed by atoms with Gasteiger partial charge in [0.05, 0.1) is 14.2 Å². The summed E-state index contributed by atoms with van der Waals surface area (Å²) in [7, 11) is 3.22. The molecule has 2 nitrogen and oxygen atoms in total. The molecule has 0 heterocycles. The van der Waals surface area contributed by atoms with Gasteiger partial charge in [0.1, 0.15) is 0 Å². The first-order valence-corrected chi connectivity index (χ1v) is 3.96. The molecule has 0 atom stereocenters. The average molecular weight is 176 g/mol. The molecular formula is C11H12O2. The molecule has 0 aliphatic heterocycles. The van der Waals surface area contributed by atoms with E-state index in [4.69, 9.17) is 15.9 Å². The highest BCUT2D eigenvalue weighted by Crippen LogP contribution is 2.27. The molecule has 0 amide bonds. The van der Waals surface area contributed by atoms with Crippen molar-refractivity contribution >= 4 is 0 Å². The van der Waals surface area contributed by atoms with Gasteiger partial charge in [-0.05, 0) is 17.7 Å². The summed E-state index contributed by atoms with van der Waals surface area (Å²) in [5.74, 6) is 4.02. The predicted octanol–water partition coefficient (Wildman–Crippen LogP) is 1.88. The number of ether oxygens (including phenoxy) is 2. The SMILES string of the molecule is C#CCc1ccc(OC)c(OC)c1. The Balaban J connectivity index is 3.00. The van der Waals surface area contributed by atoms with Crippen LogP contribution in [-0.2, 0) is 6.42 Å². The third kappa shape index (κ3) is 2.16. The maximum Gasteiger partial charge on any atom is 0.161 e. The molecule has 0 saturated carbocycles. The van der Waals surface area contributed by atoms with Gasteiger partial charge in [0.25, 0.3) is 0 Å². The molecule has 1 rings (SSSR count). The van der Waals surface area contributed by atoms with Crippen molar-refractivity contribution in [1.82, 2.24) is 0 Å². The third-order valence-electron chi connectivity index (χ3n) is 1.75. The molecule has 0 N–H and O–H groups in total. The van der Waals surface area contributed by atoms with Gasteiger partial charge in [-0.15, -0.1) is 12.3 Å². The van der Waals surface area contributed by atoms with Crippen molar-refractivity contribution in [3.63, 3.8) is 0 Å². The molecule has 0 unspecified atom stereocenters. The highest BCUT2D eigenvalue weighted by Gasteiger charge is 2.02. The van der Waals surface area contributed by atoms with Gasteiger partial charge in [0, 0.05) is 6.42 Å². The van der Waals surface area contributed by atoms with Crippen molar-refractivity contribution in [3.05, 3.63) is 23.8 Å². The van der Waals surface area contributed by atoms with E-state index in [2.05, 4.69) is 5.92 Å². The zero-order valence-corrected chi connectivity index (χ0v) is 7.83. The summed E-state index contributed by atoms with van der Waals surface area (Å²) in [5.41, 5.74) is 1.06. The van der Waals surface area contributed by atoms with E-state index in [1.54, 1.807) is 14.2 Å². The zero-order valence-electron chi connectivity index (χ0n) is 7.83. The molecule has 13 heavy (non-hydrogen) atoms. The predicted molar refractivity (Wildman–Crippen MR) is 52.1 cm³/mol. The number of benzene rings is 1. The van der Waals surface area contributed by atoms with Crippen molar-refractivity contribution in [1.29, 1.82) is 0 Å². The van der Waals surface area contributed by atoms with Gasteiger partial charge in [-0.25, -0.2) is 0 Å². The fourth-order valence-corrected chi connectivity index (χ4v) is 1.11. The van der Waals surface area contributed by atoms with Crippen molar-refractivity contribution in [2.75, 3.05) is 14.2 Å². The maximum absolute atomic E-state index is 5.20. The Kier molecular flexibility index (Phi) is 3.22. The second kappa shape index (κ2) is 4.42. The number of hydrogen-bond donors (Lipinski definition) is 0. The molecular weight excluding hydrogens is 164 g/mol. The summed E-state index contributed by atoms with van der Waals surface area (Å²) in [6.45, 7) is 0. The van der Waals surface area contributed by atoms with E-state index in [0.29, 0.717) is 6.42 Å². The first kappa shape index (κ1) is 9.47. The minimum absolute atomic E-state index is 0.611. The van der Waals surface area contributed by atoms with Gasteiger partial charge in [0.2, 0.25) is 0 Å². The normalized spacial score (nSPS) is 9.00. The fraction of sp³-hybridized carbons (Fsp3) is 0.273. The summed E-state index contributed by atoms with van der Waals surface area (Å²) >= 11 is 0. The largest absolute Gasteiger partial charge is 0.493 e. The lowest BCUT2D eigenvalue weighted by atomic mass is 10.1. The zero-order chi connectivity index (χ0) is 9.68. The Hall–Kier alpha value is -1.62. The van der Waals surface area contributed by atoms with Crippen LogP contribution in [0.1, 0.15) is 5.56 Å². The lowest BCUT2D eigenvalue weighted by Crippen LogP contribution is -1.91. The van der Waals surface area contributed by atoms with Crippen molar-refractivity contribution in [3.8, 4) is 23.8 Å². The van der Waals surface area contributed by atoms with Crippen LogP contribution in [0.5, 0.6) is 11.5 Å². The Morgan fingerprint density at radius 1 is 1.23 bits per heavy atom. The van der Waals surface area contributed by atoms with E-state index >= 15 is 0 Å². The molecule has 0 fully saturated rings. The molecule has 1 aromatic rings. The van der Waals surface area contributed by atoms with Crippen LogP contribution in [0.15, 0.2) is 18.2 Å². The van der Waals surface area contributed by atoms with E-state index in [9.17, 15) is 0 Å². The summed E-state index contributed by atoms with van der Waals surface area (Å²) in [5, 5.41) is 0. The number of hydrogen-bond acceptors (Lipinski definition) is 2. The van der Waals surface area contributed by atoms with Crippen LogP contribution >= 0.6 is 0 Å². The van der Waals surface area contributed by atoms with E-state index in [1.807, 2.05) is 18.2 Å². The van der Waals surface area contributed by atoms with Crippen molar-refractivity contribution in [2.45, 2.75) is 6.42 Å². The van der Waals surface area contributed by atoms with Gasteiger partial charge < -0.3 is 9.47 Å². The lowest BCUT2D eigenvalue weighted by Gasteiger charge is -2.07. The topological polar surface area (TPSA) is 18.5 Å². The molecule has 0 radical (unpaired) electrons. The van der Waals surface area contributed by atoms with E-state index in [1.165, 1.54) is 0 Å². The van der Waals surface area contributed by atoms with Gasteiger partial charge >= 0.3 is 0 Å². The molecule has 0 bridgehead atoms. The summed E-state index contributed by atoms with van der Waals surface area (Å²) in [4.78, 5) is 0. The van der Waals surface area contributed by atoms with Gasteiger partial charge in [-0.2, -0.15) is 0 Å². The van der Waals surface area contributed by atoms with E-state index in [0.717, 1.165) is 17.1 Å². The van der Waals surface area contributed by atoms with E-state index < -0.39 is 0 Å². The fourth-order valence-electron chi connectivity index (χ4n) is 1.11. The minimum Gasteiger partial charge on any atom is -0.493 e. The van der Waals surface area contributed by atoms with E-state index in [-0.39, 0.29) is 0 Å². The highest BCUT2D eigenvalue weighted by molar-refractivity contribution is 5.43. The van der Waals surface area contributed by atoms with Crippen LogP contribution in [0.2, 0.25) is 0 Å². The van der Waals surface area contributed by atoms with Gasteiger partial charge in [-0.3, -0.25) is 0 Å². The van der Waals surface area contributed by atoms with Crippen LogP contribution in [-0.4, -0.2) is 14.2 Å². The molecule has 2 heteroatoms. The standard InChI is InChI=1S/C11H12O2/c1-4-5-9-6-7-10(12-2)11(8-9)13-3/h1,6-8H,5H2,2-3H3. The Morgan fingerprint density at radius 2 is 1.92 bits per heavy atom. The number of terminal acetylenes is 1. The number of methoxy groups -OCH3 is 2. The van der Waals surface area contributed by atoms with Crippen LogP contribution in [0.4, 0.5) is 0 Å². The molecule has 0 aliphatic rings. The monoisotopic (exact) mass is 176 g/mol. The van der Waals surface area contributed by atoms with Crippen LogP contribution in [0.3, 0.4) is 0 Å². The third-order valence-corrected chi connectivity index (χ3v) is 1.75. The average Bonchev–Trinajstić information content (AvgIpc) is 2.18. The first-order chi connectivity index (χ1) is 6.31. The van der Waals surface area contributed by atoms with Crippen LogP contribution in [0, 0.1) is 12.3 Å². The maximum atomic E-state index is 5.20. The number of rotatable bonds is 3. The Bertz CT molecular complexity index is 323. The molecule has 0 aliphatic carbocycles.